The third-order valence-corrected chi connectivity index (χ3v) is 4.70. The summed E-state index contributed by atoms with van der Waals surface area (Å²) >= 11 is 1.64. The summed E-state index contributed by atoms with van der Waals surface area (Å²) in [5.74, 6) is 1.85. The number of nitrogens with two attached hydrogens (primary N) is 1. The van der Waals surface area contributed by atoms with Gasteiger partial charge in [0.15, 0.2) is 0 Å². The van der Waals surface area contributed by atoms with E-state index in [4.69, 9.17) is 5.73 Å². The molecule has 0 saturated heterocycles. The van der Waals surface area contributed by atoms with Gasteiger partial charge < -0.3 is 21.2 Å². The Labute approximate surface area is 156 Å². The topological polar surface area (TPSA) is 101 Å². The highest BCUT2D eigenvalue weighted by molar-refractivity contribution is 7.99. The minimum absolute atomic E-state index is 0.0795. The van der Waals surface area contributed by atoms with Gasteiger partial charge in [-0.1, -0.05) is 12.8 Å². The van der Waals surface area contributed by atoms with E-state index in [-0.39, 0.29) is 17.6 Å². The molecule has 0 aliphatic carbocycles. The zero-order chi connectivity index (χ0) is 18.8. The van der Waals surface area contributed by atoms with Crippen LogP contribution in [0.15, 0.2) is 0 Å². The lowest BCUT2D eigenvalue weighted by Crippen LogP contribution is -2.26. The molecule has 0 aromatic rings. The summed E-state index contributed by atoms with van der Waals surface area (Å²) in [5.41, 5.74) is 5.37. The highest BCUT2D eigenvalue weighted by Crippen LogP contribution is 2.07. The van der Waals surface area contributed by atoms with E-state index < -0.39 is 0 Å². The number of amides is 2. The third kappa shape index (κ3) is 19.1. The first kappa shape index (κ1) is 23.9. The van der Waals surface area contributed by atoms with Crippen molar-refractivity contribution < 1.29 is 14.4 Å². The molecule has 7 heteroatoms. The molecular weight excluding hydrogens is 338 g/mol. The van der Waals surface area contributed by atoms with Crippen molar-refractivity contribution in [1.29, 1.82) is 0 Å². The molecule has 0 rings (SSSR count). The predicted octanol–water partition coefficient (Wildman–Crippen LogP) is 2.01. The summed E-state index contributed by atoms with van der Waals surface area (Å²) < 4.78 is 0. The second kappa shape index (κ2) is 17.7. The summed E-state index contributed by atoms with van der Waals surface area (Å²) in [4.78, 5) is 33.9. The molecule has 0 radical (unpaired) electrons. The summed E-state index contributed by atoms with van der Waals surface area (Å²) in [6.07, 6.45) is 7.77. The van der Waals surface area contributed by atoms with Crippen molar-refractivity contribution in [2.45, 2.75) is 64.7 Å². The Kier molecular flexibility index (Phi) is 17.0. The Bertz CT molecular complexity index is 379. The van der Waals surface area contributed by atoms with Gasteiger partial charge in [-0.15, -0.1) is 0 Å². The van der Waals surface area contributed by atoms with Crippen molar-refractivity contribution in [1.82, 2.24) is 10.6 Å². The van der Waals surface area contributed by atoms with Crippen LogP contribution in [0.3, 0.4) is 0 Å². The molecule has 4 N–H and O–H groups in total. The normalized spacial score (nSPS) is 10.5. The molecule has 0 aromatic carbocycles. The van der Waals surface area contributed by atoms with Crippen LogP contribution in [0.25, 0.3) is 0 Å². The molecular formula is C18H35N3O3S. The van der Waals surface area contributed by atoms with Crippen LogP contribution in [0.5, 0.6) is 0 Å². The number of nitrogens with one attached hydrogen (secondary N) is 2. The molecule has 0 spiro atoms. The number of carbonyl (C=O) groups is 3. The molecule has 6 nitrogen and oxygen atoms in total. The van der Waals surface area contributed by atoms with Gasteiger partial charge in [-0.25, -0.2) is 0 Å². The van der Waals surface area contributed by atoms with Crippen LogP contribution in [0.2, 0.25) is 0 Å². The van der Waals surface area contributed by atoms with Gasteiger partial charge in [0, 0.05) is 25.9 Å². The minimum atomic E-state index is 0.0795. The zero-order valence-electron chi connectivity index (χ0n) is 15.6. The van der Waals surface area contributed by atoms with Crippen LogP contribution in [0.1, 0.15) is 64.7 Å². The Hall–Kier alpha value is -1.08. The third-order valence-electron chi connectivity index (χ3n) is 3.66. The van der Waals surface area contributed by atoms with E-state index in [1.807, 2.05) is 0 Å². The average Bonchev–Trinajstić information content (AvgIpc) is 2.57. The highest BCUT2D eigenvalue weighted by Gasteiger charge is 2.02. The molecule has 146 valence electrons. The maximum Gasteiger partial charge on any atom is 0.229 e. The zero-order valence-corrected chi connectivity index (χ0v) is 16.4. The second-order valence-corrected chi connectivity index (χ2v) is 7.32. The second-order valence-electron chi connectivity index (χ2n) is 6.22. The molecule has 0 aromatic heterocycles. The molecule has 2 amide bonds. The number of ketones is 1. The molecule has 0 atom stereocenters. The number of hydrogen-bond acceptors (Lipinski definition) is 5. The van der Waals surface area contributed by atoms with Crippen LogP contribution in [-0.2, 0) is 14.4 Å². The Balaban J connectivity index is 3.29. The van der Waals surface area contributed by atoms with Crippen molar-refractivity contribution >= 4 is 29.4 Å². The SMILES string of the molecule is CC(=O)CCCCCNC(=O)CSCCCCCC(=O)NCCCN. The fourth-order valence-corrected chi connectivity index (χ4v) is 3.04. The fraction of sp³-hybridized carbons (Fsp3) is 0.833. The van der Waals surface area contributed by atoms with Crippen molar-refractivity contribution in [3.8, 4) is 0 Å². The first-order valence-corrected chi connectivity index (χ1v) is 10.5. The van der Waals surface area contributed by atoms with E-state index in [0.29, 0.717) is 38.2 Å². The van der Waals surface area contributed by atoms with Crippen molar-refractivity contribution in [3.05, 3.63) is 0 Å². The molecule has 0 bridgehead atoms. The molecule has 0 aliphatic rings. The quantitative estimate of drug-likeness (QED) is 0.339. The van der Waals surface area contributed by atoms with Gasteiger partial charge in [0.2, 0.25) is 11.8 Å². The van der Waals surface area contributed by atoms with Crippen LogP contribution in [0, 0.1) is 0 Å². The first-order valence-electron chi connectivity index (χ1n) is 9.37. The summed E-state index contributed by atoms with van der Waals surface area (Å²) in [7, 11) is 0. The molecule has 0 aliphatic heterocycles. The lowest BCUT2D eigenvalue weighted by molar-refractivity contribution is -0.121. The van der Waals surface area contributed by atoms with E-state index in [1.54, 1.807) is 18.7 Å². The number of hydrogen-bond donors (Lipinski definition) is 3. The average molecular weight is 374 g/mol. The van der Waals surface area contributed by atoms with E-state index in [1.165, 1.54) is 0 Å². The largest absolute Gasteiger partial charge is 0.356 e. The van der Waals surface area contributed by atoms with E-state index in [2.05, 4.69) is 10.6 Å². The fourth-order valence-electron chi connectivity index (χ4n) is 2.20. The molecule has 0 unspecified atom stereocenters. The van der Waals surface area contributed by atoms with E-state index in [9.17, 15) is 14.4 Å². The summed E-state index contributed by atoms with van der Waals surface area (Å²) in [6.45, 7) is 3.57. The Morgan fingerprint density at radius 3 is 2.16 bits per heavy atom. The predicted molar refractivity (Wildman–Crippen MR) is 105 cm³/mol. The van der Waals surface area contributed by atoms with Crippen molar-refractivity contribution in [3.63, 3.8) is 0 Å². The number of carbonyl (C=O) groups excluding carboxylic acids is 3. The van der Waals surface area contributed by atoms with Gasteiger partial charge in [0.05, 0.1) is 5.75 Å². The monoisotopic (exact) mass is 373 g/mol. The lowest BCUT2D eigenvalue weighted by Gasteiger charge is -2.06. The van der Waals surface area contributed by atoms with Gasteiger partial charge in [-0.05, 0) is 51.3 Å². The van der Waals surface area contributed by atoms with Crippen LogP contribution < -0.4 is 16.4 Å². The Morgan fingerprint density at radius 2 is 1.44 bits per heavy atom. The van der Waals surface area contributed by atoms with Gasteiger partial charge in [-0.3, -0.25) is 9.59 Å². The molecule has 0 fully saturated rings. The number of Topliss-reactive ketones (excluding diaryl/α,β-unsaturated/α-hetero) is 1. The van der Waals surface area contributed by atoms with E-state index in [0.717, 1.165) is 50.7 Å². The van der Waals surface area contributed by atoms with Gasteiger partial charge in [0.25, 0.3) is 0 Å². The van der Waals surface area contributed by atoms with Crippen molar-refractivity contribution in [2.75, 3.05) is 31.1 Å². The standard InChI is InChI=1S/C18H35N3O3S/c1-16(22)9-4-2-6-12-21-18(24)15-25-14-7-3-5-10-17(23)20-13-8-11-19/h2-15,19H2,1H3,(H,20,23)(H,21,24). The van der Waals surface area contributed by atoms with Crippen LogP contribution in [0.4, 0.5) is 0 Å². The van der Waals surface area contributed by atoms with Gasteiger partial charge >= 0.3 is 0 Å². The number of unbranched alkanes of at least 4 members (excludes halogenated alkanes) is 4. The summed E-state index contributed by atoms with van der Waals surface area (Å²) in [6, 6.07) is 0. The number of thioether (sulfide) groups is 1. The van der Waals surface area contributed by atoms with Gasteiger partial charge in [-0.2, -0.15) is 11.8 Å². The smallest absolute Gasteiger partial charge is 0.229 e. The molecule has 25 heavy (non-hydrogen) atoms. The maximum absolute atomic E-state index is 11.6. The van der Waals surface area contributed by atoms with Crippen molar-refractivity contribution in [2.24, 2.45) is 5.73 Å². The first-order chi connectivity index (χ1) is 12.1. The highest BCUT2D eigenvalue weighted by atomic mass is 32.2. The molecule has 0 heterocycles. The van der Waals surface area contributed by atoms with Gasteiger partial charge in [0.1, 0.15) is 5.78 Å². The van der Waals surface area contributed by atoms with Crippen LogP contribution in [-0.4, -0.2) is 48.7 Å². The number of rotatable bonds is 17. The maximum atomic E-state index is 11.6. The van der Waals surface area contributed by atoms with E-state index >= 15 is 0 Å². The minimum Gasteiger partial charge on any atom is -0.356 e. The Morgan fingerprint density at radius 1 is 0.800 bits per heavy atom. The lowest BCUT2D eigenvalue weighted by atomic mass is 10.1. The molecule has 0 saturated carbocycles. The summed E-state index contributed by atoms with van der Waals surface area (Å²) in [5, 5.41) is 5.75. The van der Waals surface area contributed by atoms with Crippen LogP contribution >= 0.6 is 11.8 Å².